The van der Waals surface area contributed by atoms with Gasteiger partial charge in [0, 0.05) is 28.2 Å². The molecule has 0 aliphatic rings. The standard InChI is InChI=1S/C16H8ClFN2O/c17-13-4-2-10(6-14(13)18)16(21)12-8-20-15-5-9(7-19)1-3-11(12)15/h1-6,8,20H. The summed E-state index contributed by atoms with van der Waals surface area (Å²) < 4.78 is 13.5. The number of benzene rings is 2. The van der Waals surface area contributed by atoms with Gasteiger partial charge in [0.05, 0.1) is 16.7 Å². The molecule has 3 nitrogen and oxygen atoms in total. The van der Waals surface area contributed by atoms with E-state index in [1.807, 2.05) is 6.07 Å². The van der Waals surface area contributed by atoms with Crippen LogP contribution in [0.5, 0.6) is 0 Å². The third-order valence-corrected chi connectivity index (χ3v) is 3.54. The lowest BCUT2D eigenvalue weighted by Crippen LogP contribution is -2.01. The van der Waals surface area contributed by atoms with Gasteiger partial charge in [-0.25, -0.2) is 4.39 Å². The summed E-state index contributed by atoms with van der Waals surface area (Å²) in [5.41, 5.74) is 1.84. The van der Waals surface area contributed by atoms with Gasteiger partial charge in [0.2, 0.25) is 0 Å². The summed E-state index contributed by atoms with van der Waals surface area (Å²) in [4.78, 5) is 15.4. The number of aromatic amines is 1. The predicted octanol–water partition coefficient (Wildman–Crippen LogP) is 4.06. The average molecular weight is 299 g/mol. The molecule has 0 saturated heterocycles. The van der Waals surface area contributed by atoms with Gasteiger partial charge in [0.15, 0.2) is 5.78 Å². The molecule has 3 aromatic rings. The van der Waals surface area contributed by atoms with Crippen LogP contribution >= 0.6 is 11.6 Å². The first kappa shape index (κ1) is 13.3. The Morgan fingerprint density at radius 1 is 1.24 bits per heavy atom. The normalized spacial score (nSPS) is 10.5. The predicted molar refractivity (Wildman–Crippen MR) is 77.9 cm³/mol. The molecule has 0 spiro atoms. The fourth-order valence-corrected chi connectivity index (χ4v) is 2.29. The lowest BCUT2D eigenvalue weighted by atomic mass is 10.0. The van der Waals surface area contributed by atoms with Crippen LogP contribution in [0.25, 0.3) is 10.9 Å². The molecule has 102 valence electrons. The van der Waals surface area contributed by atoms with Crippen LogP contribution in [0.15, 0.2) is 42.6 Å². The summed E-state index contributed by atoms with van der Waals surface area (Å²) >= 11 is 5.62. The molecule has 21 heavy (non-hydrogen) atoms. The first-order valence-electron chi connectivity index (χ1n) is 6.11. The minimum Gasteiger partial charge on any atom is -0.360 e. The molecule has 2 aromatic carbocycles. The smallest absolute Gasteiger partial charge is 0.195 e. The van der Waals surface area contributed by atoms with Gasteiger partial charge in [0.25, 0.3) is 0 Å². The molecule has 0 radical (unpaired) electrons. The van der Waals surface area contributed by atoms with E-state index in [-0.39, 0.29) is 16.4 Å². The highest BCUT2D eigenvalue weighted by atomic mass is 35.5. The van der Waals surface area contributed by atoms with Crippen molar-refractivity contribution in [3.63, 3.8) is 0 Å². The first-order chi connectivity index (χ1) is 10.1. The van der Waals surface area contributed by atoms with Crippen LogP contribution in [0, 0.1) is 17.1 Å². The minimum absolute atomic E-state index is 0.0239. The zero-order chi connectivity index (χ0) is 15.0. The van der Waals surface area contributed by atoms with E-state index < -0.39 is 5.82 Å². The Labute approximate surface area is 124 Å². The largest absolute Gasteiger partial charge is 0.360 e. The summed E-state index contributed by atoms with van der Waals surface area (Å²) in [6.07, 6.45) is 1.56. The molecular formula is C16H8ClFN2O. The number of aromatic nitrogens is 1. The van der Waals surface area contributed by atoms with Crippen molar-refractivity contribution in [3.8, 4) is 6.07 Å². The fourth-order valence-electron chi connectivity index (χ4n) is 2.18. The van der Waals surface area contributed by atoms with Crippen LogP contribution in [0.3, 0.4) is 0 Å². The summed E-state index contributed by atoms with van der Waals surface area (Å²) in [5.74, 6) is -0.935. The Morgan fingerprint density at radius 3 is 2.76 bits per heavy atom. The van der Waals surface area contributed by atoms with E-state index >= 15 is 0 Å². The Morgan fingerprint density at radius 2 is 2.05 bits per heavy atom. The molecular weight excluding hydrogens is 291 g/mol. The van der Waals surface area contributed by atoms with Crippen LogP contribution in [0.4, 0.5) is 4.39 Å². The van der Waals surface area contributed by atoms with E-state index in [2.05, 4.69) is 4.98 Å². The maximum atomic E-state index is 13.5. The SMILES string of the molecule is N#Cc1ccc2c(C(=O)c3ccc(Cl)c(F)c3)c[nH]c2c1. The van der Waals surface area contributed by atoms with Gasteiger partial charge in [-0.05, 0) is 30.3 Å². The highest BCUT2D eigenvalue weighted by molar-refractivity contribution is 6.31. The Hall–Kier alpha value is -2.64. The molecule has 0 aliphatic heterocycles. The van der Waals surface area contributed by atoms with Crippen molar-refractivity contribution in [1.29, 1.82) is 5.26 Å². The summed E-state index contributed by atoms with van der Waals surface area (Å²) in [7, 11) is 0. The van der Waals surface area contributed by atoms with Crippen molar-refractivity contribution in [1.82, 2.24) is 4.98 Å². The van der Waals surface area contributed by atoms with Gasteiger partial charge in [-0.2, -0.15) is 5.26 Å². The third kappa shape index (κ3) is 2.28. The first-order valence-corrected chi connectivity index (χ1v) is 6.49. The second-order valence-electron chi connectivity index (χ2n) is 4.53. The van der Waals surface area contributed by atoms with E-state index in [1.165, 1.54) is 12.1 Å². The van der Waals surface area contributed by atoms with Gasteiger partial charge < -0.3 is 4.98 Å². The second-order valence-corrected chi connectivity index (χ2v) is 4.94. The summed E-state index contributed by atoms with van der Waals surface area (Å²) in [6, 6.07) is 11.0. The molecule has 0 fully saturated rings. The average Bonchev–Trinajstić information content (AvgIpc) is 2.92. The minimum atomic E-state index is -0.630. The van der Waals surface area contributed by atoms with Crippen LogP contribution in [0.2, 0.25) is 5.02 Å². The van der Waals surface area contributed by atoms with E-state index in [4.69, 9.17) is 16.9 Å². The van der Waals surface area contributed by atoms with Crippen LogP contribution in [0.1, 0.15) is 21.5 Å². The number of fused-ring (bicyclic) bond motifs is 1. The van der Waals surface area contributed by atoms with Crippen molar-refractivity contribution in [3.05, 3.63) is 70.1 Å². The van der Waals surface area contributed by atoms with Gasteiger partial charge in [0.1, 0.15) is 5.82 Å². The van der Waals surface area contributed by atoms with Gasteiger partial charge in [-0.15, -0.1) is 0 Å². The van der Waals surface area contributed by atoms with Crippen molar-refractivity contribution in [2.75, 3.05) is 0 Å². The molecule has 3 rings (SSSR count). The number of rotatable bonds is 2. The number of ketones is 1. The molecule has 5 heteroatoms. The highest BCUT2D eigenvalue weighted by Crippen LogP contribution is 2.24. The molecule has 0 atom stereocenters. The zero-order valence-corrected chi connectivity index (χ0v) is 11.4. The van der Waals surface area contributed by atoms with Crippen molar-refractivity contribution in [2.24, 2.45) is 0 Å². The quantitative estimate of drug-likeness (QED) is 0.725. The van der Waals surface area contributed by atoms with Crippen molar-refractivity contribution >= 4 is 28.3 Å². The monoisotopic (exact) mass is 298 g/mol. The Kier molecular flexibility index (Phi) is 3.20. The Bertz CT molecular complexity index is 908. The van der Waals surface area contributed by atoms with Gasteiger partial charge >= 0.3 is 0 Å². The molecule has 0 bridgehead atoms. The molecule has 1 aromatic heterocycles. The zero-order valence-electron chi connectivity index (χ0n) is 10.7. The summed E-state index contributed by atoms with van der Waals surface area (Å²) in [5, 5.41) is 9.53. The third-order valence-electron chi connectivity index (χ3n) is 3.24. The fraction of sp³-hybridized carbons (Fsp3) is 0. The van der Waals surface area contributed by atoms with E-state index in [1.54, 1.807) is 24.4 Å². The van der Waals surface area contributed by atoms with Crippen LogP contribution in [-0.4, -0.2) is 10.8 Å². The topological polar surface area (TPSA) is 56.6 Å². The Balaban J connectivity index is 2.09. The molecule has 0 saturated carbocycles. The van der Waals surface area contributed by atoms with E-state index in [0.29, 0.717) is 22.0 Å². The number of carbonyl (C=O) groups excluding carboxylic acids is 1. The number of carbonyl (C=O) groups is 1. The van der Waals surface area contributed by atoms with Gasteiger partial charge in [-0.1, -0.05) is 17.7 Å². The number of nitrogens with zero attached hydrogens (tertiary/aromatic N) is 1. The number of halogens is 2. The molecule has 0 aliphatic carbocycles. The number of hydrogen-bond donors (Lipinski definition) is 1. The number of nitrogens with one attached hydrogen (secondary N) is 1. The number of hydrogen-bond acceptors (Lipinski definition) is 2. The van der Waals surface area contributed by atoms with Crippen molar-refractivity contribution in [2.45, 2.75) is 0 Å². The molecule has 0 amide bonds. The number of H-pyrrole nitrogens is 1. The van der Waals surface area contributed by atoms with Crippen molar-refractivity contribution < 1.29 is 9.18 Å². The maximum absolute atomic E-state index is 13.5. The lowest BCUT2D eigenvalue weighted by molar-refractivity contribution is 0.104. The summed E-state index contributed by atoms with van der Waals surface area (Å²) in [6.45, 7) is 0. The van der Waals surface area contributed by atoms with Gasteiger partial charge in [-0.3, -0.25) is 4.79 Å². The maximum Gasteiger partial charge on any atom is 0.195 e. The van der Waals surface area contributed by atoms with E-state index in [0.717, 1.165) is 6.07 Å². The van der Waals surface area contributed by atoms with Crippen LogP contribution in [-0.2, 0) is 0 Å². The van der Waals surface area contributed by atoms with E-state index in [9.17, 15) is 9.18 Å². The molecule has 1 N–H and O–H groups in total. The highest BCUT2D eigenvalue weighted by Gasteiger charge is 2.15. The molecule has 0 unspecified atom stereocenters. The lowest BCUT2D eigenvalue weighted by Gasteiger charge is -2.01. The van der Waals surface area contributed by atoms with Crippen LogP contribution < -0.4 is 0 Å². The second kappa shape index (κ2) is 5.04. The molecule has 1 heterocycles. The number of nitriles is 1.